The number of hydrogen-bond donors (Lipinski definition) is 3. The molecule has 5 nitrogen and oxygen atoms in total. The number of aromatic hydroxyl groups is 2. The van der Waals surface area contributed by atoms with E-state index in [0.717, 1.165) is 11.1 Å². The number of phenolic OH excluding ortho intramolecular Hbond substituents is 2. The molecule has 1 atom stereocenters. The lowest BCUT2D eigenvalue weighted by Crippen LogP contribution is -2.37. The summed E-state index contributed by atoms with van der Waals surface area (Å²) in [5.74, 6) is 0.0507. The highest BCUT2D eigenvalue weighted by Gasteiger charge is 2.15. The normalized spacial score (nSPS) is 11.8. The minimum Gasteiger partial charge on any atom is -0.504 e. The van der Waals surface area contributed by atoms with Gasteiger partial charge in [0, 0.05) is 11.6 Å². The second kappa shape index (κ2) is 7.93. The van der Waals surface area contributed by atoms with E-state index in [1.54, 1.807) is 31.2 Å². The first kappa shape index (κ1) is 17.9. The Balaban J connectivity index is 1.84. The number of benzene rings is 2. The average Bonchev–Trinajstić information content (AvgIpc) is 2.53. The molecule has 2 rings (SSSR count). The van der Waals surface area contributed by atoms with E-state index in [1.807, 2.05) is 6.92 Å². The summed E-state index contributed by atoms with van der Waals surface area (Å²) in [4.78, 5) is 12.1. The maximum Gasteiger partial charge on any atom is 0.260 e. The van der Waals surface area contributed by atoms with Crippen molar-refractivity contribution >= 4 is 17.5 Å². The van der Waals surface area contributed by atoms with Crippen molar-refractivity contribution in [1.82, 2.24) is 5.32 Å². The second-order valence-electron chi connectivity index (χ2n) is 5.53. The van der Waals surface area contributed by atoms with E-state index in [-0.39, 0.29) is 17.4 Å². The second-order valence-corrected chi connectivity index (χ2v) is 5.97. The van der Waals surface area contributed by atoms with Crippen molar-refractivity contribution in [1.29, 1.82) is 0 Å². The Bertz CT molecular complexity index is 733. The fraction of sp³-hybridized carbons (Fsp3) is 0.278. The van der Waals surface area contributed by atoms with E-state index in [4.69, 9.17) is 16.3 Å². The number of nitrogens with one attached hydrogen (secondary N) is 1. The van der Waals surface area contributed by atoms with Crippen LogP contribution in [-0.4, -0.2) is 28.8 Å². The number of halogens is 1. The van der Waals surface area contributed by atoms with Crippen LogP contribution < -0.4 is 10.1 Å². The predicted molar refractivity (Wildman–Crippen MR) is 92.8 cm³/mol. The zero-order valence-corrected chi connectivity index (χ0v) is 14.3. The topological polar surface area (TPSA) is 78.8 Å². The quantitative estimate of drug-likeness (QED) is 0.700. The van der Waals surface area contributed by atoms with Crippen molar-refractivity contribution in [3.8, 4) is 17.2 Å². The number of hydrogen-bond acceptors (Lipinski definition) is 4. The van der Waals surface area contributed by atoms with Crippen LogP contribution in [-0.2, 0) is 11.2 Å². The highest BCUT2D eigenvalue weighted by atomic mass is 35.5. The summed E-state index contributed by atoms with van der Waals surface area (Å²) in [6, 6.07) is 9.81. The minimum atomic E-state index is -0.641. The molecule has 0 saturated carbocycles. The zero-order valence-electron chi connectivity index (χ0n) is 13.5. The predicted octanol–water partition coefficient (Wildman–Crippen LogP) is 3.19. The molecule has 2 aromatic rings. The van der Waals surface area contributed by atoms with Crippen LogP contribution in [0.2, 0.25) is 5.02 Å². The van der Waals surface area contributed by atoms with Crippen molar-refractivity contribution in [3.63, 3.8) is 0 Å². The molecule has 1 unspecified atom stereocenters. The number of carbonyl (C=O) groups excluding carboxylic acids is 1. The van der Waals surface area contributed by atoms with Gasteiger partial charge in [-0.1, -0.05) is 17.7 Å². The van der Waals surface area contributed by atoms with E-state index in [2.05, 4.69) is 5.32 Å². The molecule has 0 aliphatic heterocycles. The first-order valence-corrected chi connectivity index (χ1v) is 7.96. The van der Waals surface area contributed by atoms with Gasteiger partial charge in [0.1, 0.15) is 5.75 Å². The van der Waals surface area contributed by atoms with Crippen molar-refractivity contribution in [2.45, 2.75) is 26.4 Å². The molecule has 0 heterocycles. The zero-order chi connectivity index (χ0) is 17.7. The Morgan fingerprint density at radius 2 is 1.96 bits per heavy atom. The molecule has 6 heteroatoms. The highest BCUT2D eigenvalue weighted by molar-refractivity contribution is 6.30. The largest absolute Gasteiger partial charge is 0.504 e. The Kier molecular flexibility index (Phi) is 5.93. The summed E-state index contributed by atoms with van der Waals surface area (Å²) in [5.41, 5.74) is 1.68. The van der Waals surface area contributed by atoms with Crippen LogP contribution in [0.1, 0.15) is 18.1 Å². The van der Waals surface area contributed by atoms with E-state index in [1.165, 1.54) is 12.1 Å². The lowest BCUT2D eigenvalue weighted by molar-refractivity contribution is -0.127. The van der Waals surface area contributed by atoms with Crippen LogP contribution in [0, 0.1) is 6.92 Å². The smallest absolute Gasteiger partial charge is 0.260 e. The lowest BCUT2D eigenvalue weighted by Gasteiger charge is -2.16. The molecule has 3 N–H and O–H groups in total. The number of phenols is 2. The van der Waals surface area contributed by atoms with Crippen LogP contribution in [0.3, 0.4) is 0 Å². The van der Waals surface area contributed by atoms with Crippen molar-refractivity contribution in [2.24, 2.45) is 0 Å². The van der Waals surface area contributed by atoms with Crippen molar-refractivity contribution in [2.75, 3.05) is 6.54 Å². The number of carbonyl (C=O) groups is 1. The van der Waals surface area contributed by atoms with Gasteiger partial charge in [0.25, 0.3) is 5.91 Å². The standard InChI is InChI=1S/C18H20ClNO4/c1-11-9-14(19)4-6-17(11)24-12(2)18(23)20-8-7-13-3-5-15(21)16(22)10-13/h3-6,9-10,12,21-22H,7-8H2,1-2H3,(H,20,23). The van der Waals surface area contributed by atoms with Crippen LogP contribution in [0.5, 0.6) is 17.2 Å². The molecule has 0 bridgehead atoms. The molecule has 128 valence electrons. The van der Waals surface area contributed by atoms with E-state index in [0.29, 0.717) is 23.7 Å². The minimum absolute atomic E-state index is 0.164. The molecule has 0 aliphatic rings. The molecule has 24 heavy (non-hydrogen) atoms. The molecule has 0 aromatic heterocycles. The van der Waals surface area contributed by atoms with Gasteiger partial charge >= 0.3 is 0 Å². The molecule has 0 aliphatic carbocycles. The number of aryl methyl sites for hydroxylation is 1. The molecule has 0 saturated heterocycles. The number of ether oxygens (including phenoxy) is 1. The van der Waals surface area contributed by atoms with Crippen molar-refractivity contribution < 1.29 is 19.7 Å². The Morgan fingerprint density at radius 3 is 2.62 bits per heavy atom. The summed E-state index contributed by atoms with van der Waals surface area (Å²) in [7, 11) is 0. The first-order chi connectivity index (χ1) is 11.4. The molecule has 0 spiro atoms. The van der Waals surface area contributed by atoms with Gasteiger partial charge in [-0.15, -0.1) is 0 Å². The summed E-state index contributed by atoms with van der Waals surface area (Å²) in [6.45, 7) is 3.94. The van der Waals surface area contributed by atoms with Gasteiger partial charge in [-0.3, -0.25) is 4.79 Å². The lowest BCUT2D eigenvalue weighted by atomic mass is 10.1. The highest BCUT2D eigenvalue weighted by Crippen LogP contribution is 2.25. The molecular weight excluding hydrogens is 330 g/mol. The molecule has 2 aromatic carbocycles. The van der Waals surface area contributed by atoms with Gasteiger partial charge in [0.2, 0.25) is 0 Å². The van der Waals surface area contributed by atoms with Gasteiger partial charge in [0.15, 0.2) is 17.6 Å². The van der Waals surface area contributed by atoms with Gasteiger partial charge in [0.05, 0.1) is 0 Å². The Hall–Kier alpha value is -2.40. The molecule has 1 amide bonds. The average molecular weight is 350 g/mol. The van der Waals surface area contributed by atoms with Gasteiger partial charge in [-0.2, -0.15) is 0 Å². The van der Waals surface area contributed by atoms with E-state index >= 15 is 0 Å². The maximum atomic E-state index is 12.1. The van der Waals surface area contributed by atoms with Gasteiger partial charge in [-0.05, 0) is 61.7 Å². The summed E-state index contributed by atoms with van der Waals surface area (Å²) in [5, 5.41) is 22.1. The van der Waals surface area contributed by atoms with Crippen LogP contribution in [0.4, 0.5) is 0 Å². The summed E-state index contributed by atoms with van der Waals surface area (Å²) >= 11 is 5.90. The fourth-order valence-electron chi connectivity index (χ4n) is 2.19. The third-order valence-corrected chi connectivity index (χ3v) is 3.80. The molecule has 0 radical (unpaired) electrons. The third-order valence-electron chi connectivity index (χ3n) is 3.56. The summed E-state index contributed by atoms with van der Waals surface area (Å²) in [6.07, 6.45) is -0.107. The van der Waals surface area contributed by atoms with Gasteiger partial charge < -0.3 is 20.3 Å². The van der Waals surface area contributed by atoms with Gasteiger partial charge in [-0.25, -0.2) is 0 Å². The van der Waals surface area contributed by atoms with E-state index in [9.17, 15) is 15.0 Å². The Morgan fingerprint density at radius 1 is 1.21 bits per heavy atom. The van der Waals surface area contributed by atoms with Crippen LogP contribution in [0.15, 0.2) is 36.4 Å². The molecule has 0 fully saturated rings. The van der Waals surface area contributed by atoms with Crippen molar-refractivity contribution in [3.05, 3.63) is 52.5 Å². The Labute approximate surface area is 145 Å². The molecular formula is C18H20ClNO4. The fourth-order valence-corrected chi connectivity index (χ4v) is 2.41. The van der Waals surface area contributed by atoms with E-state index < -0.39 is 6.10 Å². The first-order valence-electron chi connectivity index (χ1n) is 7.58. The summed E-state index contributed by atoms with van der Waals surface area (Å²) < 4.78 is 5.66. The van der Waals surface area contributed by atoms with Crippen LogP contribution >= 0.6 is 11.6 Å². The maximum absolute atomic E-state index is 12.1. The number of amides is 1. The van der Waals surface area contributed by atoms with Crippen LogP contribution in [0.25, 0.3) is 0 Å². The number of rotatable bonds is 6. The monoisotopic (exact) mass is 349 g/mol. The SMILES string of the molecule is Cc1cc(Cl)ccc1OC(C)C(=O)NCCc1ccc(O)c(O)c1. The third kappa shape index (κ3) is 4.80.